The molecule has 0 aliphatic carbocycles. The molecular weight excluding hydrogens is 348 g/mol. The van der Waals surface area contributed by atoms with Crippen LogP contribution in [0, 0.1) is 5.82 Å². The van der Waals surface area contributed by atoms with Crippen molar-refractivity contribution in [1.82, 2.24) is 19.9 Å². The first-order chi connectivity index (χ1) is 11.9. The first kappa shape index (κ1) is 17.8. The Morgan fingerprint density at radius 1 is 1.36 bits per heavy atom. The monoisotopic (exact) mass is 367 g/mol. The van der Waals surface area contributed by atoms with E-state index in [1.54, 1.807) is 6.20 Å². The Morgan fingerprint density at radius 2 is 2.12 bits per heavy atom. The molecule has 3 rings (SSSR count). The molecule has 1 aliphatic rings. The molecule has 1 unspecified atom stereocenters. The van der Waals surface area contributed by atoms with Crippen molar-refractivity contribution in [1.29, 1.82) is 0 Å². The van der Waals surface area contributed by atoms with Crippen LogP contribution in [0.4, 0.5) is 13.9 Å². The predicted octanol–water partition coefficient (Wildman–Crippen LogP) is 2.58. The molecule has 2 aromatic heterocycles. The zero-order valence-electron chi connectivity index (χ0n) is 13.8. The molecule has 1 N–H and O–H groups in total. The van der Waals surface area contributed by atoms with E-state index in [0.717, 1.165) is 30.2 Å². The molecule has 1 amide bonds. The van der Waals surface area contributed by atoms with Gasteiger partial charge in [0.15, 0.2) is 10.9 Å². The van der Waals surface area contributed by atoms with Crippen LogP contribution >= 0.6 is 11.3 Å². The number of piperidine rings is 1. The van der Waals surface area contributed by atoms with E-state index in [0.29, 0.717) is 23.9 Å². The Morgan fingerprint density at radius 3 is 2.84 bits per heavy atom. The maximum atomic E-state index is 15.2. The number of likely N-dealkylation sites (tertiary alicyclic amines) is 1. The van der Waals surface area contributed by atoms with Crippen LogP contribution in [-0.4, -0.2) is 44.5 Å². The highest BCUT2D eigenvalue weighted by Crippen LogP contribution is 2.30. The number of amides is 1. The summed E-state index contributed by atoms with van der Waals surface area (Å²) in [4.78, 5) is 25.9. The number of alkyl halides is 1. The summed E-state index contributed by atoms with van der Waals surface area (Å²) < 4.78 is 28.1. The van der Waals surface area contributed by atoms with Gasteiger partial charge in [0.2, 0.25) is 5.91 Å². The molecule has 134 valence electrons. The van der Waals surface area contributed by atoms with E-state index < -0.39 is 11.5 Å². The minimum atomic E-state index is -1.43. The summed E-state index contributed by atoms with van der Waals surface area (Å²) in [7, 11) is 0. The molecule has 25 heavy (non-hydrogen) atoms. The van der Waals surface area contributed by atoms with Crippen molar-refractivity contribution in [3.05, 3.63) is 35.1 Å². The fourth-order valence-electron chi connectivity index (χ4n) is 2.98. The lowest BCUT2D eigenvalue weighted by atomic mass is 9.91. The van der Waals surface area contributed by atoms with Crippen molar-refractivity contribution in [2.75, 3.05) is 18.4 Å². The van der Waals surface area contributed by atoms with E-state index in [1.807, 2.05) is 4.90 Å². The minimum Gasteiger partial charge on any atom is -0.302 e. The summed E-state index contributed by atoms with van der Waals surface area (Å²) in [6, 6.07) is 0. The van der Waals surface area contributed by atoms with Gasteiger partial charge in [0.05, 0.1) is 12.4 Å². The fraction of sp³-hybridized carbons (Fsp3) is 0.500. The smallest absolute Gasteiger partial charge is 0.223 e. The van der Waals surface area contributed by atoms with Gasteiger partial charge in [-0.1, -0.05) is 0 Å². The van der Waals surface area contributed by atoms with Gasteiger partial charge in [-0.05, 0) is 19.4 Å². The number of anilines is 1. The summed E-state index contributed by atoms with van der Waals surface area (Å²) >= 11 is 1.39. The second-order valence-corrected chi connectivity index (χ2v) is 7.39. The molecule has 3 heterocycles. The standard InChI is InChI=1S/C16H19F2N5OS/c1-11(24)22-15-21-8-13(25-15)9-23-4-2-3-16(18,10-23)5-14-19-6-12(17)7-20-14/h6-8H,2-5,9-10H2,1H3,(H,21,22,24). The number of aromatic nitrogens is 3. The van der Waals surface area contributed by atoms with E-state index >= 15 is 4.39 Å². The van der Waals surface area contributed by atoms with Gasteiger partial charge in [0, 0.05) is 37.5 Å². The maximum Gasteiger partial charge on any atom is 0.223 e. The lowest BCUT2D eigenvalue weighted by Crippen LogP contribution is -2.46. The summed E-state index contributed by atoms with van der Waals surface area (Å²) in [5.41, 5.74) is -1.43. The lowest BCUT2D eigenvalue weighted by Gasteiger charge is -2.36. The van der Waals surface area contributed by atoms with Crippen molar-refractivity contribution in [2.45, 2.75) is 38.4 Å². The highest BCUT2D eigenvalue weighted by Gasteiger charge is 2.36. The maximum absolute atomic E-state index is 15.2. The molecule has 1 saturated heterocycles. The molecule has 0 bridgehead atoms. The first-order valence-electron chi connectivity index (χ1n) is 8.02. The number of nitrogens with one attached hydrogen (secondary N) is 1. The summed E-state index contributed by atoms with van der Waals surface area (Å²) in [5, 5.41) is 3.19. The molecule has 6 nitrogen and oxygen atoms in total. The topological polar surface area (TPSA) is 71.0 Å². The molecule has 0 saturated carbocycles. The highest BCUT2D eigenvalue weighted by molar-refractivity contribution is 7.15. The van der Waals surface area contributed by atoms with Crippen molar-refractivity contribution in [2.24, 2.45) is 0 Å². The molecule has 1 atom stereocenters. The third kappa shape index (κ3) is 4.99. The van der Waals surface area contributed by atoms with Gasteiger partial charge in [-0.25, -0.2) is 23.7 Å². The van der Waals surface area contributed by atoms with E-state index in [-0.39, 0.29) is 18.9 Å². The van der Waals surface area contributed by atoms with Crippen LogP contribution in [0.1, 0.15) is 30.5 Å². The largest absolute Gasteiger partial charge is 0.302 e. The van der Waals surface area contributed by atoms with Gasteiger partial charge in [0.1, 0.15) is 11.5 Å². The van der Waals surface area contributed by atoms with Gasteiger partial charge in [-0.2, -0.15) is 0 Å². The van der Waals surface area contributed by atoms with Crippen molar-refractivity contribution in [3.63, 3.8) is 0 Å². The fourth-order valence-corrected chi connectivity index (χ4v) is 3.88. The van der Waals surface area contributed by atoms with Crippen molar-refractivity contribution in [3.8, 4) is 0 Å². The molecule has 1 fully saturated rings. The third-order valence-corrected chi connectivity index (χ3v) is 4.87. The average molecular weight is 367 g/mol. The quantitative estimate of drug-likeness (QED) is 0.880. The Balaban J connectivity index is 1.61. The molecule has 1 aliphatic heterocycles. The Bertz CT molecular complexity index is 738. The van der Waals surface area contributed by atoms with E-state index in [2.05, 4.69) is 20.3 Å². The third-order valence-electron chi connectivity index (χ3n) is 3.97. The lowest BCUT2D eigenvalue weighted by molar-refractivity contribution is -0.114. The Kier molecular flexibility index (Phi) is 5.33. The number of carbonyl (C=O) groups excluding carboxylic acids is 1. The Hall–Kier alpha value is -2.00. The van der Waals surface area contributed by atoms with Crippen LogP contribution in [0.2, 0.25) is 0 Å². The number of rotatable bonds is 5. The van der Waals surface area contributed by atoms with Crippen LogP contribution in [0.25, 0.3) is 0 Å². The van der Waals surface area contributed by atoms with Gasteiger partial charge in [0.25, 0.3) is 0 Å². The normalized spacial score (nSPS) is 21.2. The average Bonchev–Trinajstić information content (AvgIpc) is 2.95. The zero-order valence-corrected chi connectivity index (χ0v) is 14.7. The summed E-state index contributed by atoms with van der Waals surface area (Å²) in [5.74, 6) is -0.375. The number of thiazole rings is 1. The first-order valence-corrected chi connectivity index (χ1v) is 8.83. The second-order valence-electron chi connectivity index (χ2n) is 6.27. The molecule has 9 heteroatoms. The number of hydrogen-bond donors (Lipinski definition) is 1. The van der Waals surface area contributed by atoms with E-state index in [1.165, 1.54) is 18.3 Å². The van der Waals surface area contributed by atoms with Gasteiger partial charge >= 0.3 is 0 Å². The van der Waals surface area contributed by atoms with Crippen LogP contribution in [0.15, 0.2) is 18.6 Å². The molecule has 0 spiro atoms. The SMILES string of the molecule is CC(=O)Nc1ncc(CN2CCCC(F)(Cc3ncc(F)cn3)C2)s1. The van der Waals surface area contributed by atoms with Crippen LogP contribution in [-0.2, 0) is 17.8 Å². The van der Waals surface area contributed by atoms with Gasteiger partial charge < -0.3 is 5.32 Å². The second kappa shape index (κ2) is 7.49. The summed E-state index contributed by atoms with van der Waals surface area (Å²) in [6.45, 7) is 3.07. The van der Waals surface area contributed by atoms with Gasteiger partial charge in [-0.3, -0.25) is 9.69 Å². The number of nitrogens with zero attached hydrogens (tertiary/aromatic N) is 4. The number of hydrogen-bond acceptors (Lipinski definition) is 6. The van der Waals surface area contributed by atoms with Crippen LogP contribution < -0.4 is 5.32 Å². The molecule has 2 aromatic rings. The van der Waals surface area contributed by atoms with E-state index in [4.69, 9.17) is 0 Å². The number of halogens is 2. The van der Waals surface area contributed by atoms with Crippen molar-refractivity contribution < 1.29 is 13.6 Å². The molecule has 0 radical (unpaired) electrons. The predicted molar refractivity (Wildman–Crippen MR) is 90.5 cm³/mol. The van der Waals surface area contributed by atoms with Gasteiger partial charge in [-0.15, -0.1) is 11.3 Å². The minimum absolute atomic E-state index is 0.0730. The molecular formula is C16H19F2N5OS. The Labute approximate surface area is 148 Å². The summed E-state index contributed by atoms with van der Waals surface area (Å²) in [6.07, 6.45) is 5.07. The number of carbonyl (C=O) groups is 1. The molecule has 0 aromatic carbocycles. The van der Waals surface area contributed by atoms with Crippen molar-refractivity contribution >= 4 is 22.4 Å². The zero-order chi connectivity index (χ0) is 17.9. The highest BCUT2D eigenvalue weighted by atomic mass is 32.1. The van der Waals surface area contributed by atoms with Crippen LogP contribution in [0.5, 0.6) is 0 Å². The van der Waals surface area contributed by atoms with E-state index in [9.17, 15) is 9.18 Å². The van der Waals surface area contributed by atoms with Crippen LogP contribution in [0.3, 0.4) is 0 Å².